The first-order valence-corrected chi connectivity index (χ1v) is 12.6. The topological polar surface area (TPSA) is 35.5 Å². The van der Waals surface area contributed by atoms with Crippen LogP contribution in [0.2, 0.25) is 0 Å². The molecule has 2 bridgehead atoms. The van der Waals surface area contributed by atoms with E-state index in [-0.39, 0.29) is 22.6 Å². The van der Waals surface area contributed by atoms with E-state index in [2.05, 4.69) is 34.6 Å². The average Bonchev–Trinajstić information content (AvgIpc) is 2.90. The van der Waals surface area contributed by atoms with Crippen molar-refractivity contribution in [2.75, 3.05) is 0 Å². The van der Waals surface area contributed by atoms with Gasteiger partial charge in [0.2, 0.25) is 0 Å². The molecule has 0 aromatic heterocycles. The van der Waals surface area contributed by atoms with E-state index >= 15 is 0 Å². The molecule has 0 radical (unpaired) electrons. The van der Waals surface area contributed by atoms with Crippen molar-refractivity contribution >= 4 is 5.97 Å². The zero-order valence-corrected chi connectivity index (χ0v) is 19.9. The standard InChI is InChI=1S/C26H46O3/c1-6-7-8-9-10-11-12-13-16-22(27)28-23(2,3)26-19-17-21-15-14-18-25(5,29-26)24(21,4)20-26/h21H,6-20H2,1-5H3. The Morgan fingerprint density at radius 1 is 1.00 bits per heavy atom. The highest BCUT2D eigenvalue weighted by atomic mass is 16.6. The van der Waals surface area contributed by atoms with Gasteiger partial charge in [0.25, 0.3) is 0 Å². The predicted octanol–water partition coefficient (Wildman–Crippen LogP) is 7.36. The highest BCUT2D eigenvalue weighted by molar-refractivity contribution is 5.70. The van der Waals surface area contributed by atoms with E-state index in [1.54, 1.807) is 0 Å². The van der Waals surface area contributed by atoms with Crippen LogP contribution in [-0.4, -0.2) is 22.8 Å². The van der Waals surface area contributed by atoms with E-state index < -0.39 is 5.60 Å². The summed E-state index contributed by atoms with van der Waals surface area (Å²) in [5.74, 6) is 0.729. The van der Waals surface area contributed by atoms with Gasteiger partial charge >= 0.3 is 5.97 Å². The molecular formula is C26H46O3. The first-order chi connectivity index (χ1) is 13.7. The number of rotatable bonds is 11. The number of carbonyl (C=O) groups excluding carboxylic acids is 1. The average molecular weight is 407 g/mol. The zero-order valence-electron chi connectivity index (χ0n) is 19.9. The molecule has 1 aliphatic heterocycles. The lowest BCUT2D eigenvalue weighted by atomic mass is 9.52. The molecule has 0 spiro atoms. The molecule has 3 nitrogen and oxygen atoms in total. The van der Waals surface area contributed by atoms with Crippen LogP contribution in [0, 0.1) is 11.3 Å². The summed E-state index contributed by atoms with van der Waals surface area (Å²) in [4.78, 5) is 12.7. The van der Waals surface area contributed by atoms with E-state index in [1.165, 1.54) is 57.8 Å². The monoisotopic (exact) mass is 406 g/mol. The molecule has 2 aliphatic carbocycles. The molecule has 3 rings (SSSR count). The molecule has 1 saturated heterocycles. The van der Waals surface area contributed by atoms with Crippen molar-refractivity contribution in [3.05, 3.63) is 0 Å². The van der Waals surface area contributed by atoms with Gasteiger partial charge in [-0.2, -0.15) is 0 Å². The molecule has 3 aliphatic rings. The van der Waals surface area contributed by atoms with E-state index in [0.717, 1.165) is 38.0 Å². The number of esters is 1. The van der Waals surface area contributed by atoms with Crippen LogP contribution in [0.25, 0.3) is 0 Å². The highest BCUT2D eigenvalue weighted by Gasteiger charge is 2.70. The minimum Gasteiger partial charge on any atom is -0.457 e. The van der Waals surface area contributed by atoms with Crippen molar-refractivity contribution < 1.29 is 14.3 Å². The van der Waals surface area contributed by atoms with Crippen molar-refractivity contribution in [3.63, 3.8) is 0 Å². The van der Waals surface area contributed by atoms with Gasteiger partial charge < -0.3 is 9.47 Å². The second-order valence-electron chi connectivity index (χ2n) is 11.3. The van der Waals surface area contributed by atoms with Crippen LogP contribution in [0.15, 0.2) is 0 Å². The Labute approximate surface area is 179 Å². The number of hydrogen-bond acceptors (Lipinski definition) is 3. The molecule has 4 atom stereocenters. The maximum absolute atomic E-state index is 12.7. The van der Waals surface area contributed by atoms with Crippen molar-refractivity contribution in [1.82, 2.24) is 0 Å². The number of hydrogen-bond donors (Lipinski definition) is 0. The van der Waals surface area contributed by atoms with Crippen LogP contribution < -0.4 is 0 Å². The Balaban J connectivity index is 1.49. The fourth-order valence-corrected chi connectivity index (χ4v) is 6.76. The molecule has 4 unspecified atom stereocenters. The normalized spacial score (nSPS) is 36.2. The minimum absolute atomic E-state index is 0.0359. The van der Waals surface area contributed by atoms with E-state index in [1.807, 2.05) is 0 Å². The van der Waals surface area contributed by atoms with E-state index in [9.17, 15) is 4.79 Å². The smallest absolute Gasteiger partial charge is 0.306 e. The fourth-order valence-electron chi connectivity index (χ4n) is 6.76. The quantitative estimate of drug-likeness (QED) is 0.266. The number of fused-ring (bicyclic) bond motifs is 1. The van der Waals surface area contributed by atoms with Crippen LogP contribution in [0.5, 0.6) is 0 Å². The molecule has 29 heavy (non-hydrogen) atoms. The maximum Gasteiger partial charge on any atom is 0.306 e. The van der Waals surface area contributed by atoms with Gasteiger partial charge in [0.1, 0.15) is 11.2 Å². The van der Waals surface area contributed by atoms with Crippen LogP contribution in [0.4, 0.5) is 0 Å². The second-order valence-corrected chi connectivity index (χ2v) is 11.3. The lowest BCUT2D eigenvalue weighted by Crippen LogP contribution is -2.55. The van der Waals surface area contributed by atoms with Gasteiger partial charge in [-0.15, -0.1) is 0 Å². The third-order valence-corrected chi connectivity index (χ3v) is 8.99. The Morgan fingerprint density at radius 3 is 2.34 bits per heavy atom. The number of unbranched alkanes of at least 4 members (excludes halogenated alkanes) is 7. The molecule has 3 fully saturated rings. The molecule has 168 valence electrons. The first-order valence-electron chi connectivity index (χ1n) is 12.6. The fraction of sp³-hybridized carbons (Fsp3) is 0.962. The zero-order chi connectivity index (χ0) is 21.2. The molecule has 1 heterocycles. The van der Waals surface area contributed by atoms with Crippen LogP contribution in [0.1, 0.15) is 131 Å². The van der Waals surface area contributed by atoms with Crippen LogP contribution >= 0.6 is 0 Å². The SMILES string of the molecule is CCCCCCCCCCC(=O)OC(C)(C)C12CCC3CCCC(C)(O1)C3(C)C2. The summed E-state index contributed by atoms with van der Waals surface area (Å²) in [6, 6.07) is 0. The Morgan fingerprint density at radius 2 is 1.66 bits per heavy atom. The highest BCUT2D eigenvalue weighted by Crippen LogP contribution is 2.68. The van der Waals surface area contributed by atoms with E-state index in [0.29, 0.717) is 6.42 Å². The molecule has 2 saturated carbocycles. The summed E-state index contributed by atoms with van der Waals surface area (Å²) < 4.78 is 13.0. The number of carbonyl (C=O) groups is 1. The predicted molar refractivity (Wildman–Crippen MR) is 119 cm³/mol. The van der Waals surface area contributed by atoms with Gasteiger partial charge in [0, 0.05) is 11.8 Å². The molecule has 0 aromatic carbocycles. The summed E-state index contributed by atoms with van der Waals surface area (Å²) in [6.07, 6.45) is 17.6. The van der Waals surface area contributed by atoms with Crippen LogP contribution in [0.3, 0.4) is 0 Å². The van der Waals surface area contributed by atoms with Gasteiger partial charge in [0.15, 0.2) is 0 Å². The van der Waals surface area contributed by atoms with Gasteiger partial charge in [-0.1, -0.05) is 65.2 Å². The Kier molecular flexibility index (Phi) is 7.08. The second kappa shape index (κ2) is 8.89. The van der Waals surface area contributed by atoms with Crippen LogP contribution in [-0.2, 0) is 14.3 Å². The minimum atomic E-state index is -0.557. The van der Waals surface area contributed by atoms with Crippen molar-refractivity contribution in [1.29, 1.82) is 0 Å². The molecule has 3 heteroatoms. The first kappa shape index (κ1) is 23.1. The lowest BCUT2D eigenvalue weighted by molar-refractivity contribution is -0.214. The maximum atomic E-state index is 12.7. The third-order valence-electron chi connectivity index (χ3n) is 8.99. The molecule has 0 amide bonds. The largest absolute Gasteiger partial charge is 0.457 e. The van der Waals surface area contributed by atoms with E-state index in [4.69, 9.17) is 9.47 Å². The molecule has 0 N–H and O–H groups in total. The summed E-state index contributed by atoms with van der Waals surface area (Å²) in [5.41, 5.74) is -0.705. The number of ether oxygens (including phenoxy) is 2. The third kappa shape index (κ3) is 4.41. The summed E-state index contributed by atoms with van der Waals surface area (Å²) >= 11 is 0. The lowest BCUT2D eigenvalue weighted by Gasteiger charge is -2.50. The summed E-state index contributed by atoms with van der Waals surface area (Å²) in [7, 11) is 0. The molecule has 0 aromatic rings. The van der Waals surface area contributed by atoms with Gasteiger partial charge in [-0.3, -0.25) is 4.79 Å². The Hall–Kier alpha value is -0.570. The van der Waals surface area contributed by atoms with Gasteiger partial charge in [0.05, 0.1) is 5.60 Å². The van der Waals surface area contributed by atoms with Crippen molar-refractivity contribution in [2.45, 2.75) is 148 Å². The summed E-state index contributed by atoms with van der Waals surface area (Å²) in [6.45, 7) is 11.2. The van der Waals surface area contributed by atoms with Crippen molar-refractivity contribution in [3.8, 4) is 0 Å². The molecular weight excluding hydrogens is 360 g/mol. The van der Waals surface area contributed by atoms with Crippen molar-refractivity contribution in [2.24, 2.45) is 11.3 Å². The summed E-state index contributed by atoms with van der Waals surface area (Å²) in [5, 5.41) is 0. The van der Waals surface area contributed by atoms with Gasteiger partial charge in [-0.25, -0.2) is 0 Å². The Bertz CT molecular complexity index is 566. The van der Waals surface area contributed by atoms with Gasteiger partial charge in [-0.05, 0) is 65.2 Å².